The lowest BCUT2D eigenvalue weighted by molar-refractivity contribution is -0.139. The smallest absolute Gasteiger partial charge is 0.416 e. The fourth-order valence-electron chi connectivity index (χ4n) is 1.21. The third-order valence-corrected chi connectivity index (χ3v) is 2.12. The minimum Gasteiger partial charge on any atom is -0.468 e. The Morgan fingerprint density at radius 2 is 2.17 bits per heavy atom. The molecule has 0 spiro atoms. The van der Waals surface area contributed by atoms with Crippen LogP contribution in [0.5, 0.6) is 0 Å². The normalized spacial score (nSPS) is 10.6. The van der Waals surface area contributed by atoms with Crippen LogP contribution in [0.2, 0.25) is 0 Å². The molecule has 0 aliphatic carbocycles. The summed E-state index contributed by atoms with van der Waals surface area (Å²) in [7, 11) is 1.18. The molecule has 0 aliphatic rings. The van der Waals surface area contributed by atoms with Crippen LogP contribution in [0.15, 0.2) is 18.2 Å². The quantitative estimate of drug-likeness (QED) is 0.844. The molecular formula is C11H9F3N2O2. The predicted octanol–water partition coefficient (Wildman–Crippen LogP) is 2.16. The summed E-state index contributed by atoms with van der Waals surface area (Å²) >= 11 is 0. The molecule has 0 bridgehead atoms. The highest BCUT2D eigenvalue weighted by Gasteiger charge is 2.31. The van der Waals surface area contributed by atoms with E-state index in [1.54, 1.807) is 6.07 Å². The number of nitrogens with zero attached hydrogens (tertiary/aromatic N) is 1. The Morgan fingerprint density at radius 3 is 2.67 bits per heavy atom. The van der Waals surface area contributed by atoms with Crippen LogP contribution < -0.4 is 5.32 Å². The maximum Gasteiger partial charge on any atom is 0.416 e. The van der Waals surface area contributed by atoms with E-state index in [0.29, 0.717) is 0 Å². The molecule has 0 amide bonds. The number of rotatable bonds is 3. The lowest BCUT2D eigenvalue weighted by Gasteiger charge is -2.10. The Hall–Kier alpha value is -2.23. The Morgan fingerprint density at radius 1 is 1.50 bits per heavy atom. The maximum absolute atomic E-state index is 12.4. The lowest BCUT2D eigenvalue weighted by Crippen LogP contribution is -2.16. The number of hydrogen-bond acceptors (Lipinski definition) is 4. The van der Waals surface area contributed by atoms with Crippen molar-refractivity contribution in [1.29, 1.82) is 5.26 Å². The Balaban J connectivity index is 2.95. The topological polar surface area (TPSA) is 62.1 Å². The van der Waals surface area contributed by atoms with E-state index in [1.807, 2.05) is 0 Å². The van der Waals surface area contributed by atoms with E-state index >= 15 is 0 Å². The molecule has 1 rings (SSSR count). The van der Waals surface area contributed by atoms with Crippen molar-refractivity contribution in [3.8, 4) is 6.07 Å². The van der Waals surface area contributed by atoms with Crippen LogP contribution in [0.3, 0.4) is 0 Å². The summed E-state index contributed by atoms with van der Waals surface area (Å²) in [5.74, 6) is -0.584. The molecular weight excluding hydrogens is 249 g/mol. The van der Waals surface area contributed by atoms with Gasteiger partial charge in [-0.05, 0) is 18.2 Å². The van der Waals surface area contributed by atoms with Gasteiger partial charge in [0.05, 0.1) is 23.9 Å². The molecule has 1 N–H and O–H groups in total. The number of nitriles is 1. The Kier molecular flexibility index (Phi) is 4.15. The zero-order valence-corrected chi connectivity index (χ0v) is 9.34. The van der Waals surface area contributed by atoms with Gasteiger partial charge in [0.1, 0.15) is 12.6 Å². The van der Waals surface area contributed by atoms with Gasteiger partial charge in [-0.15, -0.1) is 0 Å². The molecule has 1 aromatic rings. The molecule has 0 radical (unpaired) electrons. The molecule has 4 nitrogen and oxygen atoms in total. The second kappa shape index (κ2) is 5.40. The van der Waals surface area contributed by atoms with Crippen molar-refractivity contribution >= 4 is 11.7 Å². The van der Waals surface area contributed by atoms with Crippen molar-refractivity contribution in [2.24, 2.45) is 0 Å². The number of alkyl halides is 3. The molecule has 96 valence electrons. The summed E-state index contributed by atoms with van der Waals surface area (Å²) in [6.45, 7) is -0.226. The second-order valence-corrected chi connectivity index (χ2v) is 3.30. The predicted molar refractivity (Wildman–Crippen MR) is 56.7 cm³/mol. The molecule has 0 atom stereocenters. The standard InChI is InChI=1S/C11H9F3N2O2/c1-18-10(17)6-16-9-3-2-8(11(12,13)14)4-7(9)5-15/h2-4,16H,6H2,1H3. The molecule has 0 saturated heterocycles. The molecule has 1 aromatic carbocycles. The highest BCUT2D eigenvalue weighted by molar-refractivity contribution is 5.75. The number of carbonyl (C=O) groups excluding carboxylic acids is 1. The van der Waals surface area contributed by atoms with E-state index in [1.165, 1.54) is 7.11 Å². The van der Waals surface area contributed by atoms with Crippen molar-refractivity contribution < 1.29 is 22.7 Å². The highest BCUT2D eigenvalue weighted by atomic mass is 19.4. The summed E-state index contributed by atoms with van der Waals surface area (Å²) in [5.41, 5.74) is -0.952. The minimum absolute atomic E-state index is 0.149. The first-order valence-electron chi connectivity index (χ1n) is 4.80. The van der Waals surface area contributed by atoms with Gasteiger partial charge < -0.3 is 10.1 Å². The van der Waals surface area contributed by atoms with E-state index in [-0.39, 0.29) is 17.8 Å². The van der Waals surface area contributed by atoms with Crippen LogP contribution in [-0.4, -0.2) is 19.6 Å². The van der Waals surface area contributed by atoms with Gasteiger partial charge in [-0.25, -0.2) is 0 Å². The average molecular weight is 258 g/mol. The molecule has 0 saturated carbocycles. The number of carbonyl (C=O) groups is 1. The van der Waals surface area contributed by atoms with Crippen LogP contribution in [-0.2, 0) is 15.7 Å². The van der Waals surface area contributed by atoms with Crippen molar-refractivity contribution in [2.75, 3.05) is 19.0 Å². The van der Waals surface area contributed by atoms with Crippen LogP contribution in [0, 0.1) is 11.3 Å². The Labute approximate surface area is 101 Å². The van der Waals surface area contributed by atoms with Gasteiger partial charge >= 0.3 is 12.1 Å². The lowest BCUT2D eigenvalue weighted by atomic mass is 10.1. The van der Waals surface area contributed by atoms with Crippen LogP contribution in [0.25, 0.3) is 0 Å². The number of esters is 1. The second-order valence-electron chi connectivity index (χ2n) is 3.30. The zero-order chi connectivity index (χ0) is 13.8. The van der Waals surface area contributed by atoms with Crippen molar-refractivity contribution in [1.82, 2.24) is 0 Å². The van der Waals surface area contributed by atoms with Gasteiger partial charge in [-0.2, -0.15) is 18.4 Å². The number of anilines is 1. The summed E-state index contributed by atoms with van der Waals surface area (Å²) < 4.78 is 41.6. The van der Waals surface area contributed by atoms with Gasteiger partial charge in [0, 0.05) is 0 Å². The molecule has 7 heteroatoms. The zero-order valence-electron chi connectivity index (χ0n) is 9.34. The molecule has 0 aromatic heterocycles. The fraction of sp³-hybridized carbons (Fsp3) is 0.273. The highest BCUT2D eigenvalue weighted by Crippen LogP contribution is 2.31. The van der Waals surface area contributed by atoms with Crippen molar-refractivity contribution in [3.05, 3.63) is 29.3 Å². The number of methoxy groups -OCH3 is 1. The first-order valence-corrected chi connectivity index (χ1v) is 4.80. The number of benzene rings is 1. The number of ether oxygens (including phenoxy) is 1. The summed E-state index contributed by atoms with van der Waals surface area (Å²) in [5, 5.41) is 11.3. The van der Waals surface area contributed by atoms with E-state index in [4.69, 9.17) is 5.26 Å². The molecule has 0 heterocycles. The van der Waals surface area contributed by atoms with Gasteiger partial charge in [-0.3, -0.25) is 4.79 Å². The van der Waals surface area contributed by atoms with Gasteiger partial charge in [-0.1, -0.05) is 0 Å². The van der Waals surface area contributed by atoms with E-state index in [0.717, 1.165) is 18.2 Å². The first kappa shape index (κ1) is 13.8. The molecule has 0 fully saturated rings. The van der Waals surface area contributed by atoms with Crippen LogP contribution >= 0.6 is 0 Å². The van der Waals surface area contributed by atoms with E-state index in [9.17, 15) is 18.0 Å². The van der Waals surface area contributed by atoms with Crippen LogP contribution in [0.1, 0.15) is 11.1 Å². The van der Waals surface area contributed by atoms with E-state index < -0.39 is 17.7 Å². The van der Waals surface area contributed by atoms with Gasteiger partial charge in [0.2, 0.25) is 0 Å². The Bertz CT molecular complexity index is 492. The third-order valence-electron chi connectivity index (χ3n) is 2.12. The number of hydrogen-bond donors (Lipinski definition) is 1. The largest absolute Gasteiger partial charge is 0.468 e. The molecule has 0 unspecified atom stereocenters. The summed E-state index contributed by atoms with van der Waals surface area (Å²) in [6.07, 6.45) is -4.51. The first-order chi connectivity index (χ1) is 8.38. The number of nitrogens with one attached hydrogen (secondary N) is 1. The summed E-state index contributed by atoms with van der Waals surface area (Å²) in [4.78, 5) is 10.9. The van der Waals surface area contributed by atoms with Crippen molar-refractivity contribution in [2.45, 2.75) is 6.18 Å². The minimum atomic E-state index is -4.51. The number of halogens is 3. The van der Waals surface area contributed by atoms with Gasteiger partial charge in [0.15, 0.2) is 0 Å². The SMILES string of the molecule is COC(=O)CNc1ccc(C(F)(F)F)cc1C#N. The third kappa shape index (κ3) is 3.38. The summed E-state index contributed by atoms with van der Waals surface area (Å²) in [6, 6.07) is 4.29. The average Bonchev–Trinajstić information content (AvgIpc) is 2.34. The molecule has 0 aliphatic heterocycles. The fourth-order valence-corrected chi connectivity index (χ4v) is 1.21. The van der Waals surface area contributed by atoms with Gasteiger partial charge in [0.25, 0.3) is 0 Å². The van der Waals surface area contributed by atoms with Crippen LogP contribution in [0.4, 0.5) is 18.9 Å². The van der Waals surface area contributed by atoms with E-state index in [2.05, 4.69) is 10.1 Å². The molecule has 18 heavy (non-hydrogen) atoms. The van der Waals surface area contributed by atoms with Crippen molar-refractivity contribution in [3.63, 3.8) is 0 Å². The monoisotopic (exact) mass is 258 g/mol. The maximum atomic E-state index is 12.4.